The second-order valence-electron chi connectivity index (χ2n) is 8.53. The molecule has 0 spiro atoms. The van der Waals surface area contributed by atoms with Crippen molar-refractivity contribution in [3.8, 4) is 5.75 Å². The molecule has 6 nitrogen and oxygen atoms in total. The van der Waals surface area contributed by atoms with Gasteiger partial charge in [0.2, 0.25) is 0 Å². The highest BCUT2D eigenvalue weighted by Crippen LogP contribution is 2.12. The molecule has 0 unspecified atom stereocenters. The maximum atomic E-state index is 5.21. The lowest BCUT2D eigenvalue weighted by Crippen LogP contribution is -2.68. The number of guanidine groups is 2. The summed E-state index contributed by atoms with van der Waals surface area (Å²) >= 11 is 0. The molecular weight excluding hydrogens is 374 g/mol. The van der Waals surface area contributed by atoms with Crippen LogP contribution < -0.4 is 20.7 Å². The van der Waals surface area contributed by atoms with Gasteiger partial charge in [0, 0.05) is 13.1 Å². The van der Waals surface area contributed by atoms with Crippen LogP contribution in [0.1, 0.15) is 77.7 Å². The van der Waals surface area contributed by atoms with Crippen molar-refractivity contribution in [2.75, 3.05) is 20.2 Å². The molecule has 6 heteroatoms. The average Bonchev–Trinajstić information content (AvgIpc) is 2.72. The van der Waals surface area contributed by atoms with E-state index in [1.165, 1.54) is 50.5 Å². The number of benzene rings is 1. The van der Waals surface area contributed by atoms with E-state index in [4.69, 9.17) is 14.7 Å². The molecular formula is C24H41N5O. The van der Waals surface area contributed by atoms with Gasteiger partial charge in [-0.2, -0.15) is 0 Å². The third kappa shape index (κ3) is 9.51. The first-order valence-electron chi connectivity index (χ1n) is 11.6. The molecule has 168 valence electrons. The number of nitrogens with zero attached hydrogens (tertiary/aromatic N) is 2. The van der Waals surface area contributed by atoms with Gasteiger partial charge in [0.1, 0.15) is 11.4 Å². The number of hydrogen-bond acceptors (Lipinski definition) is 3. The fourth-order valence-corrected chi connectivity index (χ4v) is 3.48. The zero-order valence-corrected chi connectivity index (χ0v) is 19.4. The molecule has 1 aromatic rings. The van der Waals surface area contributed by atoms with Crippen LogP contribution in [0.4, 0.5) is 0 Å². The molecule has 2 rings (SSSR count). The molecule has 3 N–H and O–H groups in total. The predicted octanol–water partition coefficient (Wildman–Crippen LogP) is 4.61. The summed E-state index contributed by atoms with van der Waals surface area (Å²) in [6, 6.07) is 8.15. The van der Waals surface area contributed by atoms with Gasteiger partial charge in [0.05, 0.1) is 7.11 Å². The first kappa shape index (κ1) is 24.0. The van der Waals surface area contributed by atoms with Gasteiger partial charge in [0.25, 0.3) is 0 Å². The largest absolute Gasteiger partial charge is 0.497 e. The fraction of sp³-hybridized carbons (Fsp3) is 0.667. The molecule has 0 amide bonds. The van der Waals surface area contributed by atoms with E-state index in [1.807, 2.05) is 12.1 Å². The Balaban J connectivity index is 1.73. The van der Waals surface area contributed by atoms with Crippen LogP contribution >= 0.6 is 0 Å². The summed E-state index contributed by atoms with van der Waals surface area (Å²) in [5, 5.41) is 10.1. The van der Waals surface area contributed by atoms with Gasteiger partial charge in [0.15, 0.2) is 11.9 Å². The SMILES string of the molecule is CCCCCCCCCCN=C1NC(=NCCc2ccc(OC)cc2)NC(C)(C)N1. The number of ether oxygens (including phenoxy) is 1. The smallest absolute Gasteiger partial charge is 0.199 e. The second kappa shape index (κ2) is 13.1. The van der Waals surface area contributed by atoms with Gasteiger partial charge in [-0.25, -0.2) is 0 Å². The van der Waals surface area contributed by atoms with Crippen molar-refractivity contribution in [1.29, 1.82) is 0 Å². The molecule has 1 saturated heterocycles. The Morgan fingerprint density at radius 3 is 1.97 bits per heavy atom. The molecule has 0 radical (unpaired) electrons. The van der Waals surface area contributed by atoms with E-state index in [1.54, 1.807) is 7.11 Å². The van der Waals surface area contributed by atoms with E-state index in [-0.39, 0.29) is 5.66 Å². The van der Waals surface area contributed by atoms with Gasteiger partial charge in [-0.1, -0.05) is 64.0 Å². The summed E-state index contributed by atoms with van der Waals surface area (Å²) in [7, 11) is 1.69. The minimum atomic E-state index is -0.275. The van der Waals surface area contributed by atoms with Gasteiger partial charge >= 0.3 is 0 Å². The zero-order valence-electron chi connectivity index (χ0n) is 19.4. The van der Waals surface area contributed by atoms with Crippen molar-refractivity contribution < 1.29 is 4.74 Å². The summed E-state index contributed by atoms with van der Waals surface area (Å²) in [6.07, 6.45) is 11.4. The quantitative estimate of drug-likeness (QED) is 0.412. The summed E-state index contributed by atoms with van der Waals surface area (Å²) in [5.74, 6) is 2.47. The van der Waals surface area contributed by atoms with E-state index in [9.17, 15) is 0 Å². The summed E-state index contributed by atoms with van der Waals surface area (Å²) in [6.45, 7) is 8.01. The van der Waals surface area contributed by atoms with Crippen molar-refractivity contribution in [2.24, 2.45) is 9.98 Å². The van der Waals surface area contributed by atoms with E-state index in [2.05, 4.69) is 48.9 Å². The molecule has 30 heavy (non-hydrogen) atoms. The number of unbranched alkanes of at least 4 members (excludes halogenated alkanes) is 7. The minimum Gasteiger partial charge on any atom is -0.497 e. The molecule has 0 aromatic heterocycles. The van der Waals surface area contributed by atoms with E-state index in [0.717, 1.165) is 37.1 Å². The van der Waals surface area contributed by atoms with Crippen molar-refractivity contribution in [1.82, 2.24) is 16.0 Å². The Kier molecular flexibility index (Phi) is 10.5. The molecule has 0 saturated carbocycles. The van der Waals surface area contributed by atoms with Crippen molar-refractivity contribution in [2.45, 2.75) is 84.2 Å². The van der Waals surface area contributed by atoms with Crippen molar-refractivity contribution in [3.05, 3.63) is 29.8 Å². The molecule has 1 heterocycles. The molecule has 0 aliphatic carbocycles. The Morgan fingerprint density at radius 1 is 0.800 bits per heavy atom. The number of aliphatic imine (C=N–C) groups is 2. The van der Waals surface area contributed by atoms with Crippen LogP contribution in [0.15, 0.2) is 34.3 Å². The van der Waals surface area contributed by atoms with Crippen LogP contribution in [0.2, 0.25) is 0 Å². The number of hydrogen-bond donors (Lipinski definition) is 3. The van der Waals surface area contributed by atoms with E-state index >= 15 is 0 Å². The molecule has 0 atom stereocenters. The van der Waals surface area contributed by atoms with E-state index < -0.39 is 0 Å². The second-order valence-corrected chi connectivity index (χ2v) is 8.53. The fourth-order valence-electron chi connectivity index (χ4n) is 3.48. The molecule has 1 fully saturated rings. The maximum absolute atomic E-state index is 5.21. The highest BCUT2D eigenvalue weighted by atomic mass is 16.5. The lowest BCUT2D eigenvalue weighted by molar-refractivity contribution is 0.403. The number of rotatable bonds is 13. The summed E-state index contributed by atoms with van der Waals surface area (Å²) < 4.78 is 5.21. The summed E-state index contributed by atoms with van der Waals surface area (Å²) in [4.78, 5) is 9.42. The van der Waals surface area contributed by atoms with Crippen LogP contribution in [0.5, 0.6) is 5.75 Å². The van der Waals surface area contributed by atoms with Crippen LogP contribution in [0, 0.1) is 0 Å². The first-order chi connectivity index (χ1) is 14.5. The molecule has 1 aromatic carbocycles. The van der Waals surface area contributed by atoms with Gasteiger partial charge in [-0.05, 0) is 44.4 Å². The lowest BCUT2D eigenvalue weighted by atomic mass is 10.1. The van der Waals surface area contributed by atoms with Crippen LogP contribution in [0.3, 0.4) is 0 Å². The highest BCUT2D eigenvalue weighted by Gasteiger charge is 2.26. The normalized spacial score (nSPS) is 18.0. The molecule has 1 aliphatic rings. The maximum Gasteiger partial charge on any atom is 0.199 e. The third-order valence-electron chi connectivity index (χ3n) is 5.21. The first-order valence-corrected chi connectivity index (χ1v) is 11.6. The van der Waals surface area contributed by atoms with Gasteiger partial charge in [-0.15, -0.1) is 0 Å². The predicted molar refractivity (Wildman–Crippen MR) is 127 cm³/mol. The Morgan fingerprint density at radius 2 is 1.37 bits per heavy atom. The van der Waals surface area contributed by atoms with Crippen LogP contribution in [0.25, 0.3) is 0 Å². The Hall–Kier alpha value is -2.24. The Labute approximate surface area is 183 Å². The monoisotopic (exact) mass is 415 g/mol. The Bertz CT molecular complexity index is 667. The van der Waals surface area contributed by atoms with Crippen molar-refractivity contribution in [3.63, 3.8) is 0 Å². The average molecular weight is 416 g/mol. The topological polar surface area (TPSA) is 70.0 Å². The summed E-state index contributed by atoms with van der Waals surface area (Å²) in [5.41, 5.74) is 0.972. The van der Waals surface area contributed by atoms with Crippen molar-refractivity contribution >= 4 is 11.9 Å². The minimum absolute atomic E-state index is 0.275. The van der Waals surface area contributed by atoms with Gasteiger partial charge < -0.3 is 15.4 Å². The standard InChI is InChI=1S/C24H41N5O/c1-5-6-7-8-9-10-11-12-18-25-22-27-23(29-24(2,3)28-22)26-19-17-20-13-15-21(30-4)16-14-20/h13-16H,5-12,17-19H2,1-4H3,(H3,25,26,27,28,29). The zero-order chi connectivity index (χ0) is 21.7. The third-order valence-corrected chi connectivity index (χ3v) is 5.21. The highest BCUT2D eigenvalue weighted by molar-refractivity contribution is 6.01. The van der Waals surface area contributed by atoms with Crippen LogP contribution in [-0.4, -0.2) is 37.8 Å². The number of nitrogens with one attached hydrogen (secondary N) is 3. The number of methoxy groups -OCH3 is 1. The van der Waals surface area contributed by atoms with E-state index in [0.29, 0.717) is 6.54 Å². The van der Waals surface area contributed by atoms with Crippen LogP contribution in [-0.2, 0) is 6.42 Å². The molecule has 0 bridgehead atoms. The lowest BCUT2D eigenvalue weighted by Gasteiger charge is -2.36. The molecule has 1 aliphatic heterocycles. The van der Waals surface area contributed by atoms with Gasteiger partial charge in [-0.3, -0.25) is 15.3 Å².